The molecule has 4 aromatic rings. The van der Waals surface area contributed by atoms with Crippen LogP contribution < -0.4 is 9.64 Å². The molecular formula is C33H35N5O3. The normalized spacial score (nSPS) is 18.1. The molecular weight excluding hydrogens is 514 g/mol. The van der Waals surface area contributed by atoms with Crippen molar-refractivity contribution < 1.29 is 14.3 Å². The predicted octanol–water partition coefficient (Wildman–Crippen LogP) is 5.54. The summed E-state index contributed by atoms with van der Waals surface area (Å²) in [6, 6.07) is 14.0. The summed E-state index contributed by atoms with van der Waals surface area (Å²) in [5.41, 5.74) is 3.79. The largest absolute Gasteiger partial charge is 0.497 e. The fourth-order valence-electron chi connectivity index (χ4n) is 6.68. The molecule has 0 N–H and O–H groups in total. The van der Waals surface area contributed by atoms with Crippen LogP contribution in [0.2, 0.25) is 0 Å². The number of anilines is 1. The van der Waals surface area contributed by atoms with E-state index in [2.05, 4.69) is 28.8 Å². The van der Waals surface area contributed by atoms with E-state index in [1.54, 1.807) is 12.0 Å². The van der Waals surface area contributed by atoms with Crippen molar-refractivity contribution in [2.75, 3.05) is 25.1 Å². The molecule has 2 fully saturated rings. The van der Waals surface area contributed by atoms with Crippen molar-refractivity contribution in [2.45, 2.75) is 58.0 Å². The number of carbonyl (C=O) groups excluding carboxylic acids is 2. The highest BCUT2D eigenvalue weighted by Gasteiger charge is 2.42. The molecule has 41 heavy (non-hydrogen) atoms. The van der Waals surface area contributed by atoms with Gasteiger partial charge in [0.15, 0.2) is 0 Å². The average Bonchev–Trinajstić information content (AvgIpc) is 3.57. The van der Waals surface area contributed by atoms with Crippen molar-refractivity contribution in [2.24, 2.45) is 5.41 Å². The third-order valence-corrected chi connectivity index (χ3v) is 9.36. The smallest absolute Gasteiger partial charge is 0.260 e. The molecule has 0 atom stereocenters. The minimum Gasteiger partial charge on any atom is -0.497 e. The number of benzene rings is 2. The Balaban J connectivity index is 1.07. The number of amides is 2. The lowest BCUT2D eigenvalue weighted by Crippen LogP contribution is -2.49. The van der Waals surface area contributed by atoms with Gasteiger partial charge in [-0.25, -0.2) is 4.98 Å². The Labute approximate surface area is 239 Å². The molecule has 7 rings (SSSR count). The zero-order valence-electron chi connectivity index (χ0n) is 23.7. The number of hydrogen-bond donors (Lipinski definition) is 0. The van der Waals surface area contributed by atoms with Gasteiger partial charge in [-0.3, -0.25) is 19.2 Å². The lowest BCUT2D eigenvalue weighted by Gasteiger charge is -2.43. The van der Waals surface area contributed by atoms with E-state index in [9.17, 15) is 9.59 Å². The number of rotatable bonds is 7. The molecule has 0 radical (unpaired) electrons. The summed E-state index contributed by atoms with van der Waals surface area (Å²) in [5, 5.41) is 6.70. The van der Waals surface area contributed by atoms with Gasteiger partial charge >= 0.3 is 0 Å². The Morgan fingerprint density at radius 3 is 2.54 bits per heavy atom. The molecule has 0 spiro atoms. The number of aromatic nitrogens is 3. The van der Waals surface area contributed by atoms with Gasteiger partial charge in [0.2, 0.25) is 5.91 Å². The Morgan fingerprint density at radius 1 is 1.05 bits per heavy atom. The molecule has 1 saturated carbocycles. The predicted molar refractivity (Wildman–Crippen MR) is 157 cm³/mol. The van der Waals surface area contributed by atoms with Gasteiger partial charge in [0.25, 0.3) is 5.91 Å². The minimum atomic E-state index is -0.128. The first-order chi connectivity index (χ1) is 19.9. The number of nitrogens with zero attached hydrogens (tertiary/aromatic N) is 5. The Kier molecular flexibility index (Phi) is 6.29. The average molecular weight is 550 g/mol. The molecule has 2 aromatic carbocycles. The van der Waals surface area contributed by atoms with Crippen molar-refractivity contribution in [1.29, 1.82) is 0 Å². The monoisotopic (exact) mass is 549 g/mol. The van der Waals surface area contributed by atoms with Crippen LogP contribution in [-0.4, -0.2) is 51.7 Å². The van der Waals surface area contributed by atoms with E-state index in [0.29, 0.717) is 36.3 Å². The summed E-state index contributed by atoms with van der Waals surface area (Å²) in [6.45, 7) is 4.17. The van der Waals surface area contributed by atoms with E-state index in [-0.39, 0.29) is 11.3 Å². The van der Waals surface area contributed by atoms with Crippen LogP contribution in [0.3, 0.4) is 0 Å². The lowest BCUT2D eigenvalue weighted by molar-refractivity contribution is -0.147. The van der Waals surface area contributed by atoms with Gasteiger partial charge in [-0.2, -0.15) is 5.10 Å². The van der Waals surface area contributed by atoms with Crippen LogP contribution in [0.4, 0.5) is 5.82 Å². The summed E-state index contributed by atoms with van der Waals surface area (Å²) in [7, 11) is 1.65. The highest BCUT2D eigenvalue weighted by Crippen LogP contribution is 2.43. The first kappa shape index (κ1) is 25.7. The van der Waals surface area contributed by atoms with Crippen molar-refractivity contribution >= 4 is 28.4 Å². The van der Waals surface area contributed by atoms with Crippen molar-refractivity contribution in [3.05, 3.63) is 83.3 Å². The van der Waals surface area contributed by atoms with Gasteiger partial charge in [-0.05, 0) is 66.0 Å². The fraction of sp³-hybridized carbons (Fsp3) is 0.394. The van der Waals surface area contributed by atoms with E-state index in [4.69, 9.17) is 14.8 Å². The molecule has 2 aromatic heterocycles. The van der Waals surface area contributed by atoms with E-state index in [0.717, 1.165) is 72.0 Å². The van der Waals surface area contributed by atoms with Crippen LogP contribution in [0.5, 0.6) is 5.75 Å². The van der Waals surface area contributed by atoms with E-state index in [1.165, 1.54) is 6.42 Å². The summed E-state index contributed by atoms with van der Waals surface area (Å²) in [6.07, 6.45) is 11.7. The quantitative estimate of drug-likeness (QED) is 0.302. The zero-order chi connectivity index (χ0) is 28.1. The van der Waals surface area contributed by atoms with Crippen molar-refractivity contribution in [3.8, 4) is 5.75 Å². The molecule has 8 nitrogen and oxygen atoms in total. The van der Waals surface area contributed by atoms with Crippen LogP contribution in [0.1, 0.15) is 72.1 Å². The molecule has 1 saturated heterocycles. The van der Waals surface area contributed by atoms with E-state index in [1.807, 2.05) is 48.8 Å². The van der Waals surface area contributed by atoms with Gasteiger partial charge in [-0.1, -0.05) is 37.6 Å². The SMILES string of the molecule is COc1ccc(CN2C(=O)c3cccc4c(Cc5cnn(C6CCN(C(=O)C7(C)CCC7)CC6)c5)cnc2c34)cc1. The molecule has 3 aliphatic rings. The van der Waals surface area contributed by atoms with Crippen LogP contribution in [0.15, 0.2) is 61.1 Å². The van der Waals surface area contributed by atoms with Crippen LogP contribution in [-0.2, 0) is 17.8 Å². The molecule has 0 unspecified atom stereocenters. The molecule has 0 bridgehead atoms. The van der Waals surface area contributed by atoms with Crippen molar-refractivity contribution in [3.63, 3.8) is 0 Å². The maximum atomic E-state index is 13.4. The number of hydrogen-bond acceptors (Lipinski definition) is 5. The van der Waals surface area contributed by atoms with Crippen LogP contribution in [0.25, 0.3) is 10.8 Å². The van der Waals surface area contributed by atoms with Crippen LogP contribution >= 0.6 is 0 Å². The Morgan fingerprint density at radius 2 is 1.83 bits per heavy atom. The van der Waals surface area contributed by atoms with Gasteiger partial charge in [0, 0.05) is 42.7 Å². The van der Waals surface area contributed by atoms with Gasteiger partial charge in [-0.15, -0.1) is 0 Å². The van der Waals surface area contributed by atoms with Gasteiger partial charge in [0.05, 0.1) is 31.5 Å². The van der Waals surface area contributed by atoms with Gasteiger partial charge < -0.3 is 9.64 Å². The number of methoxy groups -OCH3 is 1. The van der Waals surface area contributed by atoms with Gasteiger partial charge in [0.1, 0.15) is 11.6 Å². The number of piperidine rings is 1. The summed E-state index contributed by atoms with van der Waals surface area (Å²) < 4.78 is 7.35. The van der Waals surface area contributed by atoms with Crippen LogP contribution in [0, 0.1) is 5.41 Å². The number of pyridine rings is 1. The molecule has 2 amide bonds. The second kappa shape index (κ2) is 10.0. The lowest BCUT2D eigenvalue weighted by atomic mass is 9.69. The molecule has 1 aliphatic carbocycles. The molecule has 2 aliphatic heterocycles. The number of carbonyl (C=O) groups is 2. The minimum absolute atomic E-state index is 0.0185. The van der Waals surface area contributed by atoms with E-state index >= 15 is 0 Å². The highest BCUT2D eigenvalue weighted by molar-refractivity contribution is 6.24. The third kappa shape index (κ3) is 4.46. The first-order valence-electron chi connectivity index (χ1n) is 14.6. The maximum Gasteiger partial charge on any atom is 0.260 e. The summed E-state index contributed by atoms with van der Waals surface area (Å²) >= 11 is 0. The number of ether oxygens (including phenoxy) is 1. The first-order valence-corrected chi connectivity index (χ1v) is 14.6. The molecule has 4 heterocycles. The second-order valence-corrected chi connectivity index (χ2v) is 12.0. The standard InChI is InChI=1S/C33H35N5O3/c1-33(13-4-14-33)32(40)36-15-11-25(12-16-36)38-21-23(18-35-38)17-24-19-34-30-29-27(24)5-3-6-28(29)31(39)37(30)20-22-7-9-26(41-2)10-8-22/h3,5-10,18-19,21,25H,4,11-17,20H2,1-2H3. The zero-order valence-corrected chi connectivity index (χ0v) is 23.7. The second-order valence-electron chi connectivity index (χ2n) is 12.0. The fourth-order valence-corrected chi connectivity index (χ4v) is 6.68. The van der Waals surface area contributed by atoms with Crippen molar-refractivity contribution in [1.82, 2.24) is 19.7 Å². The maximum absolute atomic E-state index is 13.4. The Bertz CT molecular complexity index is 1630. The summed E-state index contributed by atoms with van der Waals surface area (Å²) in [5.74, 6) is 1.82. The molecule has 8 heteroatoms. The molecule has 210 valence electrons. The highest BCUT2D eigenvalue weighted by atomic mass is 16.5. The number of likely N-dealkylation sites (tertiary alicyclic amines) is 1. The van der Waals surface area contributed by atoms with E-state index < -0.39 is 0 Å². The topological polar surface area (TPSA) is 80.6 Å². The Hall–Kier alpha value is -4.20. The third-order valence-electron chi connectivity index (χ3n) is 9.36. The summed E-state index contributed by atoms with van der Waals surface area (Å²) in [4.78, 5) is 35.0.